The van der Waals surface area contributed by atoms with Gasteiger partial charge in [0.05, 0.1) is 16.9 Å². The minimum Gasteiger partial charge on any atom is -0.354 e. The summed E-state index contributed by atoms with van der Waals surface area (Å²) in [6.07, 6.45) is 0. The number of nitriles is 1. The molecule has 0 aromatic heterocycles. The van der Waals surface area contributed by atoms with E-state index in [1.54, 1.807) is 18.2 Å². The number of halogens is 2. The molecular weight excluding hydrogens is 312 g/mol. The Labute approximate surface area is 119 Å². The molecule has 2 rings (SSSR count). The Morgan fingerprint density at radius 3 is 2.56 bits per heavy atom. The van der Waals surface area contributed by atoms with E-state index in [0.29, 0.717) is 10.6 Å². The third kappa shape index (κ3) is 2.84. The minimum atomic E-state index is 0.523. The van der Waals surface area contributed by atoms with Crippen molar-refractivity contribution in [1.82, 2.24) is 0 Å². The van der Waals surface area contributed by atoms with E-state index in [4.69, 9.17) is 16.9 Å². The normalized spacial score (nSPS) is 9.89. The average Bonchev–Trinajstić information content (AvgIpc) is 2.34. The molecule has 0 heterocycles. The topological polar surface area (TPSA) is 35.8 Å². The quantitative estimate of drug-likeness (QED) is 0.842. The van der Waals surface area contributed by atoms with Crippen LogP contribution >= 0.6 is 27.5 Å². The highest BCUT2D eigenvalue weighted by molar-refractivity contribution is 9.10. The van der Waals surface area contributed by atoms with E-state index in [1.807, 2.05) is 25.1 Å². The maximum atomic E-state index is 9.07. The van der Waals surface area contributed by atoms with Gasteiger partial charge in [-0.1, -0.05) is 17.7 Å². The molecule has 0 bridgehead atoms. The molecule has 2 nitrogen and oxygen atoms in total. The summed E-state index contributed by atoms with van der Waals surface area (Å²) in [6.45, 7) is 2.03. The number of hydrogen-bond donors (Lipinski definition) is 1. The van der Waals surface area contributed by atoms with Gasteiger partial charge < -0.3 is 5.32 Å². The molecule has 1 N–H and O–H groups in total. The molecule has 0 amide bonds. The second kappa shape index (κ2) is 5.43. The van der Waals surface area contributed by atoms with Crippen LogP contribution in [0.4, 0.5) is 11.4 Å². The van der Waals surface area contributed by atoms with E-state index in [2.05, 4.69) is 27.3 Å². The summed E-state index contributed by atoms with van der Waals surface area (Å²) in [6, 6.07) is 13.3. The SMILES string of the molecule is Cc1ccc(Nc2ccc(Cl)cc2C#N)c(Br)c1. The molecule has 0 saturated carbocycles. The lowest BCUT2D eigenvalue weighted by atomic mass is 10.1. The Bertz CT molecular complexity index is 632. The van der Waals surface area contributed by atoms with Gasteiger partial charge >= 0.3 is 0 Å². The lowest BCUT2D eigenvalue weighted by molar-refractivity contribution is 1.42. The van der Waals surface area contributed by atoms with Gasteiger partial charge in [-0.05, 0) is 58.7 Å². The summed E-state index contributed by atoms with van der Waals surface area (Å²) >= 11 is 9.36. The molecule has 0 spiro atoms. The molecule has 0 fully saturated rings. The van der Waals surface area contributed by atoms with Crippen molar-refractivity contribution >= 4 is 38.9 Å². The van der Waals surface area contributed by atoms with E-state index < -0.39 is 0 Å². The largest absolute Gasteiger partial charge is 0.354 e. The summed E-state index contributed by atoms with van der Waals surface area (Å²) in [4.78, 5) is 0. The molecule has 0 radical (unpaired) electrons. The highest BCUT2D eigenvalue weighted by atomic mass is 79.9. The van der Waals surface area contributed by atoms with Gasteiger partial charge in [-0.2, -0.15) is 5.26 Å². The van der Waals surface area contributed by atoms with Crippen LogP contribution in [0.1, 0.15) is 11.1 Å². The Hall–Kier alpha value is -1.50. The van der Waals surface area contributed by atoms with Crippen LogP contribution in [0.3, 0.4) is 0 Å². The summed E-state index contributed by atoms with van der Waals surface area (Å²) in [5, 5.41) is 12.8. The molecule has 4 heteroatoms. The van der Waals surface area contributed by atoms with Gasteiger partial charge in [0.1, 0.15) is 6.07 Å². The predicted octanol–water partition coefficient (Wildman–Crippen LogP) is 5.03. The van der Waals surface area contributed by atoms with Crippen LogP contribution in [0.15, 0.2) is 40.9 Å². The van der Waals surface area contributed by atoms with Gasteiger partial charge in [-0.15, -0.1) is 0 Å². The van der Waals surface area contributed by atoms with Crippen LogP contribution in [0.5, 0.6) is 0 Å². The third-order valence-corrected chi connectivity index (χ3v) is 3.39. The number of anilines is 2. The van der Waals surface area contributed by atoms with E-state index >= 15 is 0 Å². The average molecular weight is 322 g/mol. The fraction of sp³-hybridized carbons (Fsp3) is 0.0714. The first-order valence-electron chi connectivity index (χ1n) is 5.33. The molecule has 18 heavy (non-hydrogen) atoms. The van der Waals surface area contributed by atoms with E-state index in [0.717, 1.165) is 15.8 Å². The highest BCUT2D eigenvalue weighted by Gasteiger charge is 2.05. The van der Waals surface area contributed by atoms with Crippen LogP contribution in [-0.4, -0.2) is 0 Å². The van der Waals surface area contributed by atoms with Crippen LogP contribution in [0, 0.1) is 18.3 Å². The maximum Gasteiger partial charge on any atom is 0.101 e. The molecule has 0 aliphatic heterocycles. The Morgan fingerprint density at radius 1 is 1.17 bits per heavy atom. The Balaban J connectivity index is 2.37. The lowest BCUT2D eigenvalue weighted by Gasteiger charge is -2.10. The summed E-state index contributed by atoms with van der Waals surface area (Å²) in [5.74, 6) is 0. The van der Waals surface area contributed by atoms with Gasteiger partial charge in [-0.3, -0.25) is 0 Å². The highest BCUT2D eigenvalue weighted by Crippen LogP contribution is 2.29. The molecule has 0 unspecified atom stereocenters. The molecule has 0 atom stereocenters. The van der Waals surface area contributed by atoms with Gasteiger partial charge in [-0.25, -0.2) is 0 Å². The first-order valence-corrected chi connectivity index (χ1v) is 6.50. The maximum absolute atomic E-state index is 9.07. The summed E-state index contributed by atoms with van der Waals surface area (Å²) in [7, 11) is 0. The first kappa shape index (κ1) is 12.9. The Morgan fingerprint density at radius 2 is 1.89 bits per heavy atom. The standard InChI is InChI=1S/C14H10BrClN2/c1-9-2-4-14(12(15)6-9)18-13-5-3-11(16)7-10(13)8-17/h2-7,18H,1H3. The van der Waals surface area contributed by atoms with Gasteiger partial charge in [0.25, 0.3) is 0 Å². The molecule has 0 aliphatic carbocycles. The van der Waals surface area contributed by atoms with E-state index in [-0.39, 0.29) is 0 Å². The fourth-order valence-corrected chi connectivity index (χ4v) is 2.35. The van der Waals surface area contributed by atoms with Crippen molar-refractivity contribution < 1.29 is 0 Å². The third-order valence-electron chi connectivity index (χ3n) is 2.50. The van der Waals surface area contributed by atoms with Crippen molar-refractivity contribution in [3.63, 3.8) is 0 Å². The molecule has 0 saturated heterocycles. The molecule has 2 aromatic carbocycles. The van der Waals surface area contributed by atoms with Crippen molar-refractivity contribution in [3.8, 4) is 6.07 Å². The molecule has 90 valence electrons. The number of hydrogen-bond acceptors (Lipinski definition) is 2. The number of benzene rings is 2. The van der Waals surface area contributed by atoms with Gasteiger partial charge in [0, 0.05) is 9.50 Å². The van der Waals surface area contributed by atoms with Crippen molar-refractivity contribution in [2.24, 2.45) is 0 Å². The zero-order valence-electron chi connectivity index (χ0n) is 9.67. The fourth-order valence-electron chi connectivity index (χ4n) is 1.58. The monoisotopic (exact) mass is 320 g/mol. The van der Waals surface area contributed by atoms with Crippen molar-refractivity contribution in [2.75, 3.05) is 5.32 Å². The summed E-state index contributed by atoms with van der Waals surface area (Å²) in [5.41, 5.74) is 3.35. The number of nitrogens with one attached hydrogen (secondary N) is 1. The van der Waals surface area contributed by atoms with Crippen LogP contribution in [0.2, 0.25) is 5.02 Å². The number of nitrogens with zero attached hydrogens (tertiary/aromatic N) is 1. The zero-order valence-corrected chi connectivity index (χ0v) is 12.0. The first-order chi connectivity index (χ1) is 8.60. The molecule has 0 aliphatic rings. The minimum absolute atomic E-state index is 0.523. The summed E-state index contributed by atoms with van der Waals surface area (Å²) < 4.78 is 0.960. The molecule has 2 aromatic rings. The van der Waals surface area contributed by atoms with Crippen molar-refractivity contribution in [1.29, 1.82) is 5.26 Å². The Kier molecular flexibility index (Phi) is 3.90. The van der Waals surface area contributed by atoms with Crippen LogP contribution in [0.25, 0.3) is 0 Å². The van der Waals surface area contributed by atoms with E-state index in [9.17, 15) is 0 Å². The zero-order chi connectivity index (χ0) is 13.1. The molecular formula is C14H10BrClN2. The van der Waals surface area contributed by atoms with Crippen molar-refractivity contribution in [3.05, 3.63) is 57.0 Å². The number of aryl methyl sites for hydroxylation is 1. The van der Waals surface area contributed by atoms with Crippen LogP contribution < -0.4 is 5.32 Å². The van der Waals surface area contributed by atoms with Crippen molar-refractivity contribution in [2.45, 2.75) is 6.92 Å². The second-order valence-corrected chi connectivity index (χ2v) is 5.20. The van der Waals surface area contributed by atoms with E-state index in [1.165, 1.54) is 5.56 Å². The van der Waals surface area contributed by atoms with Gasteiger partial charge in [0.15, 0.2) is 0 Å². The lowest BCUT2D eigenvalue weighted by Crippen LogP contribution is -1.94. The predicted molar refractivity (Wildman–Crippen MR) is 78.3 cm³/mol. The number of rotatable bonds is 2. The second-order valence-electron chi connectivity index (χ2n) is 3.91. The van der Waals surface area contributed by atoms with Crippen LogP contribution in [-0.2, 0) is 0 Å². The van der Waals surface area contributed by atoms with Gasteiger partial charge in [0.2, 0.25) is 0 Å². The smallest absolute Gasteiger partial charge is 0.101 e.